The van der Waals surface area contributed by atoms with E-state index in [4.69, 9.17) is 10.5 Å². The molecule has 0 bridgehead atoms. The van der Waals surface area contributed by atoms with Crippen molar-refractivity contribution in [3.63, 3.8) is 0 Å². The zero-order valence-electron chi connectivity index (χ0n) is 14.3. The molecular weight excluding hydrogens is 346 g/mol. The lowest BCUT2D eigenvalue weighted by Gasteiger charge is -2.33. The summed E-state index contributed by atoms with van der Waals surface area (Å²) in [6, 6.07) is 7.61. The summed E-state index contributed by atoms with van der Waals surface area (Å²) in [5.74, 6) is 0.897. The minimum absolute atomic E-state index is 0. The van der Waals surface area contributed by atoms with Gasteiger partial charge in [0.25, 0.3) is 5.91 Å². The van der Waals surface area contributed by atoms with E-state index in [9.17, 15) is 4.79 Å². The Bertz CT molecular complexity index is 673. The van der Waals surface area contributed by atoms with Crippen molar-refractivity contribution in [2.24, 2.45) is 11.7 Å². The van der Waals surface area contributed by atoms with Gasteiger partial charge in [-0.2, -0.15) is 0 Å². The van der Waals surface area contributed by atoms with Gasteiger partial charge in [0.15, 0.2) is 0 Å². The molecule has 2 rings (SSSR count). The summed E-state index contributed by atoms with van der Waals surface area (Å²) in [5, 5.41) is 3.83. The number of nitrogens with two attached hydrogens (primary N) is 1. The molecule has 3 N–H and O–H groups in total. The summed E-state index contributed by atoms with van der Waals surface area (Å²) in [5.41, 5.74) is 6.35. The van der Waals surface area contributed by atoms with E-state index < -0.39 is 5.54 Å². The van der Waals surface area contributed by atoms with Crippen molar-refractivity contribution < 1.29 is 9.53 Å². The number of carbonyl (C=O) groups excluding carboxylic acids is 1. The molecule has 2 aromatic rings. The highest BCUT2D eigenvalue weighted by Crippen LogP contribution is 2.27. The highest BCUT2D eigenvalue weighted by atomic mass is 35.5. The molecule has 7 heteroatoms. The maximum Gasteiger partial charge on any atom is 0.263 e. The van der Waals surface area contributed by atoms with Gasteiger partial charge >= 0.3 is 0 Å². The van der Waals surface area contributed by atoms with E-state index in [0.29, 0.717) is 11.4 Å². The molecule has 0 aliphatic heterocycles. The fourth-order valence-corrected chi connectivity index (χ4v) is 2.81. The summed E-state index contributed by atoms with van der Waals surface area (Å²) in [7, 11) is 1.63. The smallest absolute Gasteiger partial charge is 0.263 e. The number of hydrogen-bond donors (Lipinski definition) is 2. The molecular formula is C17H24ClN3O2S. The molecule has 0 aliphatic rings. The maximum atomic E-state index is 12.5. The van der Waals surface area contributed by atoms with E-state index in [1.807, 2.05) is 45.0 Å². The van der Waals surface area contributed by atoms with Gasteiger partial charge in [0, 0.05) is 12.1 Å². The fraction of sp³-hybridized carbons (Fsp3) is 0.412. The Morgan fingerprint density at radius 3 is 2.50 bits per heavy atom. The van der Waals surface area contributed by atoms with Crippen molar-refractivity contribution in [1.82, 2.24) is 10.3 Å². The van der Waals surface area contributed by atoms with E-state index in [1.165, 1.54) is 11.3 Å². The number of methoxy groups -OCH3 is 1. The Morgan fingerprint density at radius 1 is 1.38 bits per heavy atom. The van der Waals surface area contributed by atoms with Crippen LogP contribution >= 0.6 is 23.7 Å². The third kappa shape index (κ3) is 4.47. The van der Waals surface area contributed by atoms with Crippen LogP contribution in [0.5, 0.6) is 5.75 Å². The lowest BCUT2D eigenvalue weighted by Crippen LogP contribution is -2.54. The van der Waals surface area contributed by atoms with Gasteiger partial charge in [0.05, 0.1) is 18.8 Å². The van der Waals surface area contributed by atoms with E-state index in [2.05, 4.69) is 10.3 Å². The second kappa shape index (κ2) is 8.46. The SMILES string of the molecule is COc1ccc(-c2ncc(C(=O)NC(C)(CN)C(C)C)s2)cc1.Cl. The van der Waals surface area contributed by atoms with Gasteiger partial charge < -0.3 is 15.8 Å². The van der Waals surface area contributed by atoms with Crippen LogP contribution in [0.1, 0.15) is 30.4 Å². The Balaban J connectivity index is 0.00000288. The number of nitrogens with one attached hydrogen (secondary N) is 1. The van der Waals surface area contributed by atoms with Crippen LogP contribution < -0.4 is 15.8 Å². The Kier molecular flexibility index (Phi) is 7.20. The summed E-state index contributed by atoms with van der Waals surface area (Å²) in [6.45, 7) is 6.44. The molecule has 0 spiro atoms. The standard InChI is InChI=1S/C17H23N3O2S.ClH/c1-11(2)17(3,10-18)20-15(21)14-9-19-16(23-14)12-5-7-13(22-4)8-6-12;/h5-9,11H,10,18H2,1-4H3,(H,20,21);1H. The summed E-state index contributed by atoms with van der Waals surface area (Å²) in [4.78, 5) is 17.4. The molecule has 0 fully saturated rings. The molecule has 1 aromatic heterocycles. The van der Waals surface area contributed by atoms with Crippen molar-refractivity contribution in [3.05, 3.63) is 35.3 Å². The summed E-state index contributed by atoms with van der Waals surface area (Å²) < 4.78 is 5.15. The largest absolute Gasteiger partial charge is 0.497 e. The molecule has 5 nitrogen and oxygen atoms in total. The Morgan fingerprint density at radius 2 is 2.00 bits per heavy atom. The quantitative estimate of drug-likeness (QED) is 0.818. The number of carbonyl (C=O) groups is 1. The lowest BCUT2D eigenvalue weighted by atomic mass is 9.88. The van der Waals surface area contributed by atoms with Crippen molar-refractivity contribution in [2.45, 2.75) is 26.3 Å². The number of halogens is 1. The number of ether oxygens (including phenoxy) is 1. The molecule has 1 amide bonds. The first kappa shape index (κ1) is 20.4. The molecule has 0 saturated carbocycles. The van der Waals surface area contributed by atoms with Crippen LogP contribution in [0, 0.1) is 5.92 Å². The number of amides is 1. The van der Waals surface area contributed by atoms with Crippen LogP contribution in [0.15, 0.2) is 30.5 Å². The average molecular weight is 370 g/mol. The number of rotatable bonds is 6. The average Bonchev–Trinajstić information content (AvgIpc) is 3.04. The van der Waals surface area contributed by atoms with Crippen molar-refractivity contribution >= 4 is 29.7 Å². The molecule has 1 unspecified atom stereocenters. The summed E-state index contributed by atoms with van der Waals surface area (Å²) in [6.07, 6.45) is 1.61. The first-order valence-electron chi connectivity index (χ1n) is 7.52. The van der Waals surface area contributed by atoms with Gasteiger partial charge in [-0.1, -0.05) is 13.8 Å². The van der Waals surface area contributed by atoms with Crippen molar-refractivity contribution in [3.8, 4) is 16.3 Å². The second-order valence-electron chi connectivity index (χ2n) is 5.99. The van der Waals surface area contributed by atoms with Crippen LogP contribution in [0.2, 0.25) is 0 Å². The summed E-state index contributed by atoms with van der Waals surface area (Å²) >= 11 is 1.37. The minimum Gasteiger partial charge on any atom is -0.497 e. The number of nitrogens with zero attached hydrogens (tertiary/aromatic N) is 1. The van der Waals surface area contributed by atoms with E-state index in [0.717, 1.165) is 16.3 Å². The topological polar surface area (TPSA) is 77.2 Å². The maximum absolute atomic E-state index is 12.5. The van der Waals surface area contributed by atoms with Gasteiger partial charge in [-0.15, -0.1) is 23.7 Å². The minimum atomic E-state index is -0.429. The van der Waals surface area contributed by atoms with Gasteiger partial charge in [-0.05, 0) is 37.1 Å². The molecule has 1 aromatic carbocycles. The monoisotopic (exact) mass is 369 g/mol. The fourth-order valence-electron chi connectivity index (χ4n) is 2.00. The van der Waals surface area contributed by atoms with Gasteiger partial charge in [-0.25, -0.2) is 4.98 Å². The molecule has 0 aliphatic carbocycles. The van der Waals surface area contributed by atoms with E-state index in [-0.39, 0.29) is 24.2 Å². The molecule has 0 saturated heterocycles. The molecule has 132 valence electrons. The Labute approximate surface area is 153 Å². The van der Waals surface area contributed by atoms with Crippen LogP contribution in [0.25, 0.3) is 10.6 Å². The second-order valence-corrected chi connectivity index (χ2v) is 7.02. The third-order valence-corrected chi connectivity index (χ3v) is 5.21. The molecule has 0 radical (unpaired) electrons. The van der Waals surface area contributed by atoms with E-state index in [1.54, 1.807) is 13.3 Å². The van der Waals surface area contributed by atoms with Crippen molar-refractivity contribution in [2.75, 3.05) is 13.7 Å². The first-order valence-corrected chi connectivity index (χ1v) is 8.34. The van der Waals surface area contributed by atoms with Crippen molar-refractivity contribution in [1.29, 1.82) is 0 Å². The molecule has 24 heavy (non-hydrogen) atoms. The normalized spacial score (nSPS) is 13.1. The van der Waals surface area contributed by atoms with Gasteiger partial charge in [0.1, 0.15) is 15.6 Å². The van der Waals surface area contributed by atoms with Gasteiger partial charge in [0.2, 0.25) is 0 Å². The van der Waals surface area contributed by atoms with E-state index >= 15 is 0 Å². The predicted octanol–water partition coefficient (Wildman–Crippen LogP) is 3.34. The first-order chi connectivity index (χ1) is 10.9. The number of aromatic nitrogens is 1. The highest BCUT2D eigenvalue weighted by Gasteiger charge is 2.29. The van der Waals surface area contributed by atoms with Crippen LogP contribution in [0.4, 0.5) is 0 Å². The molecule has 1 atom stereocenters. The number of hydrogen-bond acceptors (Lipinski definition) is 5. The lowest BCUT2D eigenvalue weighted by molar-refractivity contribution is 0.0887. The predicted molar refractivity (Wildman–Crippen MR) is 101 cm³/mol. The van der Waals surface area contributed by atoms with Crippen LogP contribution in [0.3, 0.4) is 0 Å². The van der Waals surface area contributed by atoms with Crippen LogP contribution in [-0.2, 0) is 0 Å². The Hall–Kier alpha value is -1.63. The zero-order chi connectivity index (χ0) is 17.0. The third-order valence-electron chi connectivity index (χ3n) is 4.16. The number of thiazole rings is 1. The van der Waals surface area contributed by atoms with Crippen LogP contribution in [-0.4, -0.2) is 30.1 Å². The number of benzene rings is 1. The van der Waals surface area contributed by atoms with Gasteiger partial charge in [-0.3, -0.25) is 4.79 Å². The highest BCUT2D eigenvalue weighted by molar-refractivity contribution is 7.16. The molecule has 1 heterocycles. The zero-order valence-corrected chi connectivity index (χ0v) is 16.0.